The van der Waals surface area contributed by atoms with Crippen molar-refractivity contribution < 1.29 is 31.5 Å². The van der Waals surface area contributed by atoms with Gasteiger partial charge in [0, 0.05) is 5.56 Å². The molecular formula is C8H3F5INO2. The minimum Gasteiger partial charge on any atom is -0.387 e. The number of aromatic nitrogens is 1. The third-order valence-electron chi connectivity index (χ3n) is 1.58. The van der Waals surface area contributed by atoms with Gasteiger partial charge >= 0.3 is 6.36 Å². The van der Waals surface area contributed by atoms with Crippen LogP contribution in [0.2, 0.25) is 0 Å². The average molecular weight is 367 g/mol. The van der Waals surface area contributed by atoms with E-state index in [9.17, 15) is 26.7 Å². The van der Waals surface area contributed by atoms with Gasteiger partial charge in [-0.25, -0.2) is 13.8 Å². The molecule has 0 unspecified atom stereocenters. The maximum Gasteiger partial charge on any atom is 0.574 e. The number of ether oxygens (including phenoxy) is 1. The highest BCUT2D eigenvalue weighted by molar-refractivity contribution is 14.1. The molecule has 0 amide bonds. The Labute approximate surface area is 105 Å². The molecule has 0 saturated carbocycles. The smallest absolute Gasteiger partial charge is 0.387 e. The SMILES string of the molecule is O=Cc1cc(I)nc(OC(F)(F)F)c1C(F)F. The number of alkyl halides is 5. The van der Waals surface area contributed by atoms with E-state index in [-0.39, 0.29) is 9.99 Å². The van der Waals surface area contributed by atoms with Gasteiger partial charge in [-0.05, 0) is 28.7 Å². The van der Waals surface area contributed by atoms with E-state index in [2.05, 4.69) is 9.72 Å². The van der Waals surface area contributed by atoms with Crippen LogP contribution in [0.15, 0.2) is 6.07 Å². The van der Waals surface area contributed by atoms with Crippen LogP contribution in [0.5, 0.6) is 5.88 Å². The van der Waals surface area contributed by atoms with E-state index in [0.29, 0.717) is 0 Å². The molecule has 0 N–H and O–H groups in total. The van der Waals surface area contributed by atoms with Gasteiger partial charge in [0.1, 0.15) is 3.70 Å². The Morgan fingerprint density at radius 1 is 1.41 bits per heavy atom. The number of pyridine rings is 1. The second-order valence-corrected chi connectivity index (χ2v) is 3.82. The molecule has 1 aromatic heterocycles. The Morgan fingerprint density at radius 3 is 2.41 bits per heavy atom. The van der Waals surface area contributed by atoms with E-state index in [4.69, 9.17) is 0 Å². The summed E-state index contributed by atoms with van der Waals surface area (Å²) in [4.78, 5) is 13.7. The largest absolute Gasteiger partial charge is 0.574 e. The summed E-state index contributed by atoms with van der Waals surface area (Å²) in [5.41, 5.74) is -1.75. The number of halogens is 6. The normalized spacial score (nSPS) is 11.7. The Kier molecular flexibility index (Phi) is 4.22. The zero-order chi connectivity index (χ0) is 13.2. The van der Waals surface area contributed by atoms with E-state index < -0.39 is 29.8 Å². The summed E-state index contributed by atoms with van der Waals surface area (Å²) in [5, 5.41) is 0. The summed E-state index contributed by atoms with van der Waals surface area (Å²) in [6.07, 6.45) is -8.42. The minimum absolute atomic E-state index is 0.0224. The predicted octanol–water partition coefficient (Wildman–Crippen LogP) is 3.33. The Bertz CT molecular complexity index is 435. The second kappa shape index (κ2) is 5.10. The molecular weight excluding hydrogens is 364 g/mol. The third-order valence-corrected chi connectivity index (χ3v) is 2.13. The van der Waals surface area contributed by atoms with Crippen molar-refractivity contribution >= 4 is 28.9 Å². The summed E-state index contributed by atoms with van der Waals surface area (Å²) in [6.45, 7) is 0. The molecule has 0 aliphatic carbocycles. The van der Waals surface area contributed by atoms with Crippen LogP contribution in [0.4, 0.5) is 22.0 Å². The number of hydrogen-bond donors (Lipinski definition) is 0. The number of rotatable bonds is 3. The highest BCUT2D eigenvalue weighted by Gasteiger charge is 2.35. The lowest BCUT2D eigenvalue weighted by molar-refractivity contribution is -0.276. The van der Waals surface area contributed by atoms with E-state index >= 15 is 0 Å². The van der Waals surface area contributed by atoms with Gasteiger partial charge in [0.15, 0.2) is 6.29 Å². The van der Waals surface area contributed by atoms with Gasteiger partial charge in [-0.15, -0.1) is 13.2 Å². The molecule has 0 spiro atoms. The average Bonchev–Trinajstić information content (AvgIpc) is 2.12. The fourth-order valence-corrected chi connectivity index (χ4v) is 1.58. The van der Waals surface area contributed by atoms with Crippen LogP contribution in [-0.2, 0) is 0 Å². The fraction of sp³-hybridized carbons (Fsp3) is 0.250. The Balaban J connectivity index is 3.35. The first-order chi connectivity index (χ1) is 7.74. The molecule has 1 aromatic rings. The standard InChI is InChI=1S/C8H3F5INO2/c9-6(10)5-3(2-16)1-4(14)15-7(5)17-8(11,12)13/h1-2,6H. The number of carbonyl (C=O) groups is 1. The number of carbonyl (C=O) groups excluding carboxylic acids is 1. The van der Waals surface area contributed by atoms with Crippen molar-refractivity contribution in [3.8, 4) is 5.88 Å². The van der Waals surface area contributed by atoms with Crippen LogP contribution in [0.1, 0.15) is 22.3 Å². The van der Waals surface area contributed by atoms with Crippen molar-refractivity contribution in [2.24, 2.45) is 0 Å². The maximum atomic E-state index is 12.5. The van der Waals surface area contributed by atoms with Gasteiger partial charge in [-0.3, -0.25) is 4.79 Å². The predicted molar refractivity (Wildman–Crippen MR) is 54.0 cm³/mol. The summed E-state index contributed by atoms with van der Waals surface area (Å²) in [6, 6.07) is 0.943. The number of nitrogens with zero attached hydrogens (tertiary/aromatic N) is 1. The molecule has 0 radical (unpaired) electrons. The van der Waals surface area contributed by atoms with Crippen molar-refractivity contribution in [2.75, 3.05) is 0 Å². The molecule has 94 valence electrons. The first kappa shape index (κ1) is 14.1. The molecule has 1 rings (SSSR count). The van der Waals surface area contributed by atoms with Gasteiger partial charge in [-0.2, -0.15) is 0 Å². The van der Waals surface area contributed by atoms with Gasteiger partial charge in [-0.1, -0.05) is 0 Å². The molecule has 0 saturated heterocycles. The van der Waals surface area contributed by atoms with E-state index in [1.807, 2.05) is 0 Å². The molecule has 17 heavy (non-hydrogen) atoms. The minimum atomic E-state index is -5.15. The molecule has 9 heteroatoms. The van der Waals surface area contributed by atoms with Gasteiger partial charge in [0.05, 0.1) is 5.56 Å². The van der Waals surface area contributed by atoms with Crippen molar-refractivity contribution in [1.29, 1.82) is 0 Å². The lowest BCUT2D eigenvalue weighted by atomic mass is 10.1. The van der Waals surface area contributed by atoms with Crippen molar-refractivity contribution in [1.82, 2.24) is 4.98 Å². The van der Waals surface area contributed by atoms with Gasteiger partial charge in [0.25, 0.3) is 6.43 Å². The van der Waals surface area contributed by atoms with E-state index in [1.165, 1.54) is 22.6 Å². The van der Waals surface area contributed by atoms with E-state index in [1.54, 1.807) is 0 Å². The molecule has 0 aliphatic rings. The molecule has 0 bridgehead atoms. The van der Waals surface area contributed by atoms with Crippen LogP contribution >= 0.6 is 22.6 Å². The molecule has 3 nitrogen and oxygen atoms in total. The van der Waals surface area contributed by atoms with Crippen LogP contribution < -0.4 is 4.74 Å². The highest BCUT2D eigenvalue weighted by Crippen LogP contribution is 2.34. The summed E-state index contributed by atoms with van der Waals surface area (Å²) in [5.74, 6) is -1.30. The molecule has 0 aliphatic heterocycles. The third kappa shape index (κ3) is 3.75. The Morgan fingerprint density at radius 2 is 2.00 bits per heavy atom. The van der Waals surface area contributed by atoms with Crippen LogP contribution in [-0.4, -0.2) is 17.6 Å². The van der Waals surface area contributed by atoms with Crippen molar-refractivity contribution in [3.63, 3.8) is 0 Å². The molecule has 0 fully saturated rings. The van der Waals surface area contributed by atoms with Crippen LogP contribution in [0.25, 0.3) is 0 Å². The maximum absolute atomic E-state index is 12.5. The molecule has 0 aromatic carbocycles. The van der Waals surface area contributed by atoms with Gasteiger partial charge < -0.3 is 4.74 Å². The summed E-state index contributed by atoms with van der Waals surface area (Å²) in [7, 11) is 0. The van der Waals surface area contributed by atoms with Crippen LogP contribution in [0.3, 0.4) is 0 Å². The summed E-state index contributed by atoms with van der Waals surface area (Å²) < 4.78 is 64.2. The first-order valence-corrected chi connectivity index (χ1v) is 5.02. The van der Waals surface area contributed by atoms with Gasteiger partial charge in [0.2, 0.25) is 5.88 Å². The summed E-state index contributed by atoms with van der Waals surface area (Å²) >= 11 is 1.48. The van der Waals surface area contributed by atoms with E-state index in [0.717, 1.165) is 6.07 Å². The Hall–Kier alpha value is -1.00. The highest BCUT2D eigenvalue weighted by atomic mass is 127. The molecule has 1 heterocycles. The first-order valence-electron chi connectivity index (χ1n) is 3.94. The quantitative estimate of drug-likeness (QED) is 0.356. The lowest BCUT2D eigenvalue weighted by Crippen LogP contribution is -2.20. The van der Waals surface area contributed by atoms with Crippen molar-refractivity contribution in [3.05, 3.63) is 20.9 Å². The second-order valence-electron chi connectivity index (χ2n) is 2.72. The number of hydrogen-bond acceptors (Lipinski definition) is 3. The fourth-order valence-electron chi connectivity index (χ4n) is 1.02. The topological polar surface area (TPSA) is 39.2 Å². The molecule has 0 atom stereocenters. The van der Waals surface area contributed by atoms with Crippen molar-refractivity contribution in [2.45, 2.75) is 12.8 Å². The lowest BCUT2D eigenvalue weighted by Gasteiger charge is -2.13. The number of aldehydes is 1. The van der Waals surface area contributed by atoms with Crippen LogP contribution in [0, 0.1) is 3.70 Å². The zero-order valence-corrected chi connectivity index (χ0v) is 9.92. The monoisotopic (exact) mass is 367 g/mol. The zero-order valence-electron chi connectivity index (χ0n) is 7.76.